The maximum atomic E-state index is 5.52. The van der Waals surface area contributed by atoms with Crippen molar-refractivity contribution in [3.8, 4) is 5.75 Å². The maximum absolute atomic E-state index is 5.52. The predicted molar refractivity (Wildman–Crippen MR) is 86.2 cm³/mol. The summed E-state index contributed by atoms with van der Waals surface area (Å²) in [6.07, 6.45) is 2.50. The molecule has 0 atom stereocenters. The molecule has 1 rings (SSSR count). The Labute approximate surface area is 124 Å². The van der Waals surface area contributed by atoms with Gasteiger partial charge >= 0.3 is 0 Å². The fraction of sp³-hybridized carbons (Fsp3) is 0.647. The summed E-state index contributed by atoms with van der Waals surface area (Å²) in [6.45, 7) is 9.52. The number of rotatable bonds is 9. The van der Waals surface area contributed by atoms with Crippen LogP contribution in [0.5, 0.6) is 5.75 Å². The van der Waals surface area contributed by atoms with Gasteiger partial charge in [-0.3, -0.25) is 0 Å². The Hall–Kier alpha value is -1.06. The third-order valence-electron chi connectivity index (χ3n) is 3.40. The van der Waals surface area contributed by atoms with Crippen LogP contribution in [0.1, 0.15) is 44.7 Å². The van der Waals surface area contributed by atoms with Crippen molar-refractivity contribution in [1.29, 1.82) is 0 Å². The van der Waals surface area contributed by atoms with Crippen LogP contribution in [0.15, 0.2) is 18.2 Å². The van der Waals surface area contributed by atoms with Crippen molar-refractivity contribution in [3.63, 3.8) is 0 Å². The van der Waals surface area contributed by atoms with E-state index in [0.717, 1.165) is 25.4 Å². The van der Waals surface area contributed by atoms with Gasteiger partial charge in [-0.2, -0.15) is 0 Å². The molecule has 0 radical (unpaired) electrons. The molecule has 114 valence electrons. The van der Waals surface area contributed by atoms with Crippen LogP contribution in [-0.4, -0.2) is 31.6 Å². The molecule has 0 bridgehead atoms. The lowest BCUT2D eigenvalue weighted by Gasteiger charge is -2.18. The van der Waals surface area contributed by atoms with Gasteiger partial charge in [0.1, 0.15) is 5.75 Å². The largest absolute Gasteiger partial charge is 0.496 e. The second-order valence-electron chi connectivity index (χ2n) is 5.77. The molecule has 0 aromatic heterocycles. The first kappa shape index (κ1) is 17.0. The van der Waals surface area contributed by atoms with Gasteiger partial charge < -0.3 is 15.0 Å². The lowest BCUT2D eigenvalue weighted by Crippen LogP contribution is -2.22. The van der Waals surface area contributed by atoms with Gasteiger partial charge in [-0.15, -0.1) is 0 Å². The van der Waals surface area contributed by atoms with E-state index >= 15 is 0 Å². The molecule has 0 amide bonds. The number of nitrogens with zero attached hydrogens (tertiary/aromatic N) is 1. The Balaban J connectivity index is 2.66. The van der Waals surface area contributed by atoms with Gasteiger partial charge in [0.25, 0.3) is 0 Å². The number of unbranched alkanes of at least 4 members (excludes halogenated alkanes) is 1. The standard InChI is InChI=1S/C17H30N2O/c1-6-7-10-19(4)13-15-8-9-16(12-18-14(2)3)17(11-15)20-5/h8-9,11,14,18H,6-7,10,12-13H2,1-5H3. The third-order valence-corrected chi connectivity index (χ3v) is 3.40. The zero-order chi connectivity index (χ0) is 15.0. The molecule has 0 unspecified atom stereocenters. The van der Waals surface area contributed by atoms with Gasteiger partial charge in [0.2, 0.25) is 0 Å². The molecule has 0 aliphatic heterocycles. The number of ether oxygens (including phenoxy) is 1. The van der Waals surface area contributed by atoms with Gasteiger partial charge in [-0.1, -0.05) is 39.3 Å². The molecule has 1 aromatic carbocycles. The zero-order valence-electron chi connectivity index (χ0n) is 13.7. The van der Waals surface area contributed by atoms with Crippen molar-refractivity contribution in [2.24, 2.45) is 0 Å². The minimum atomic E-state index is 0.486. The summed E-state index contributed by atoms with van der Waals surface area (Å²) < 4.78 is 5.52. The van der Waals surface area contributed by atoms with E-state index in [2.05, 4.69) is 56.2 Å². The first-order chi connectivity index (χ1) is 9.56. The molecular weight excluding hydrogens is 248 g/mol. The molecule has 0 aliphatic carbocycles. The van der Waals surface area contributed by atoms with Crippen LogP contribution >= 0.6 is 0 Å². The Kier molecular flexibility index (Phi) is 7.63. The maximum Gasteiger partial charge on any atom is 0.123 e. The first-order valence-electron chi connectivity index (χ1n) is 7.64. The van der Waals surface area contributed by atoms with Gasteiger partial charge in [0, 0.05) is 24.7 Å². The van der Waals surface area contributed by atoms with Crippen LogP contribution < -0.4 is 10.1 Å². The van der Waals surface area contributed by atoms with Crippen LogP contribution in [0.4, 0.5) is 0 Å². The smallest absolute Gasteiger partial charge is 0.123 e. The van der Waals surface area contributed by atoms with E-state index < -0.39 is 0 Å². The average molecular weight is 278 g/mol. The number of hydrogen-bond donors (Lipinski definition) is 1. The molecule has 0 fully saturated rings. The summed E-state index contributed by atoms with van der Waals surface area (Å²) in [5.74, 6) is 0.986. The van der Waals surface area contributed by atoms with Crippen LogP contribution in [0.2, 0.25) is 0 Å². The molecule has 0 saturated heterocycles. The number of nitrogens with one attached hydrogen (secondary N) is 1. The van der Waals surface area contributed by atoms with Crippen molar-refractivity contribution in [3.05, 3.63) is 29.3 Å². The van der Waals surface area contributed by atoms with E-state index in [1.807, 2.05) is 0 Å². The third kappa shape index (κ3) is 5.93. The number of benzene rings is 1. The van der Waals surface area contributed by atoms with E-state index in [4.69, 9.17) is 4.74 Å². The highest BCUT2D eigenvalue weighted by molar-refractivity contribution is 5.37. The first-order valence-corrected chi connectivity index (χ1v) is 7.64. The summed E-state index contributed by atoms with van der Waals surface area (Å²) in [7, 11) is 3.93. The van der Waals surface area contributed by atoms with E-state index in [1.54, 1.807) is 7.11 Å². The molecule has 0 spiro atoms. The van der Waals surface area contributed by atoms with Crippen molar-refractivity contribution < 1.29 is 4.74 Å². The van der Waals surface area contributed by atoms with Crippen LogP contribution in [-0.2, 0) is 13.1 Å². The SMILES string of the molecule is CCCCN(C)Cc1ccc(CNC(C)C)c(OC)c1. The van der Waals surface area contributed by atoms with Crippen LogP contribution in [0.25, 0.3) is 0 Å². The van der Waals surface area contributed by atoms with Crippen molar-refractivity contribution >= 4 is 0 Å². The molecule has 3 heteroatoms. The summed E-state index contributed by atoms with van der Waals surface area (Å²) in [4.78, 5) is 2.37. The summed E-state index contributed by atoms with van der Waals surface area (Å²) in [5, 5.41) is 3.43. The summed E-state index contributed by atoms with van der Waals surface area (Å²) in [5.41, 5.74) is 2.54. The normalized spacial score (nSPS) is 11.3. The van der Waals surface area contributed by atoms with E-state index in [9.17, 15) is 0 Å². The molecule has 1 aromatic rings. The second kappa shape index (κ2) is 8.98. The van der Waals surface area contributed by atoms with Gasteiger partial charge in [-0.05, 0) is 31.6 Å². The molecule has 3 nitrogen and oxygen atoms in total. The second-order valence-corrected chi connectivity index (χ2v) is 5.77. The highest BCUT2D eigenvalue weighted by Gasteiger charge is 2.07. The summed E-state index contributed by atoms with van der Waals surface area (Å²) in [6, 6.07) is 7.04. The Morgan fingerprint density at radius 2 is 2.05 bits per heavy atom. The molecule has 1 N–H and O–H groups in total. The predicted octanol–water partition coefficient (Wildman–Crippen LogP) is 3.43. The zero-order valence-corrected chi connectivity index (χ0v) is 13.7. The quantitative estimate of drug-likeness (QED) is 0.749. The highest BCUT2D eigenvalue weighted by Crippen LogP contribution is 2.21. The topological polar surface area (TPSA) is 24.5 Å². The lowest BCUT2D eigenvalue weighted by atomic mass is 10.1. The van der Waals surface area contributed by atoms with Crippen molar-refractivity contribution in [2.45, 2.75) is 52.7 Å². The Morgan fingerprint density at radius 3 is 2.65 bits per heavy atom. The average Bonchev–Trinajstić information content (AvgIpc) is 2.43. The van der Waals surface area contributed by atoms with Crippen LogP contribution in [0, 0.1) is 0 Å². The number of methoxy groups -OCH3 is 1. The van der Waals surface area contributed by atoms with Crippen molar-refractivity contribution in [1.82, 2.24) is 10.2 Å². The summed E-state index contributed by atoms with van der Waals surface area (Å²) >= 11 is 0. The molecular formula is C17H30N2O. The van der Waals surface area contributed by atoms with Gasteiger partial charge in [-0.25, -0.2) is 0 Å². The minimum Gasteiger partial charge on any atom is -0.496 e. The van der Waals surface area contributed by atoms with Crippen LogP contribution in [0.3, 0.4) is 0 Å². The fourth-order valence-corrected chi connectivity index (χ4v) is 2.17. The number of hydrogen-bond acceptors (Lipinski definition) is 3. The lowest BCUT2D eigenvalue weighted by molar-refractivity contribution is 0.320. The highest BCUT2D eigenvalue weighted by atomic mass is 16.5. The van der Waals surface area contributed by atoms with E-state index in [1.165, 1.54) is 24.0 Å². The fourth-order valence-electron chi connectivity index (χ4n) is 2.17. The monoisotopic (exact) mass is 278 g/mol. The Bertz CT molecular complexity index is 391. The molecule has 0 heterocycles. The van der Waals surface area contributed by atoms with Gasteiger partial charge in [0.05, 0.1) is 7.11 Å². The van der Waals surface area contributed by atoms with E-state index in [0.29, 0.717) is 6.04 Å². The molecule has 0 saturated carbocycles. The minimum absolute atomic E-state index is 0.486. The molecule has 20 heavy (non-hydrogen) atoms. The Morgan fingerprint density at radius 1 is 1.30 bits per heavy atom. The molecule has 0 aliphatic rings. The van der Waals surface area contributed by atoms with Gasteiger partial charge in [0.15, 0.2) is 0 Å². The van der Waals surface area contributed by atoms with E-state index in [-0.39, 0.29) is 0 Å². The van der Waals surface area contributed by atoms with Crippen molar-refractivity contribution in [2.75, 3.05) is 20.7 Å².